The largest absolute Gasteiger partial charge is 0.484 e. The molecule has 7 rings (SSSR count). The van der Waals surface area contributed by atoms with Crippen LogP contribution < -0.4 is 21.1 Å². The lowest BCUT2D eigenvalue weighted by atomic mass is 9.93. The number of anilines is 3. The zero-order valence-corrected chi connectivity index (χ0v) is 25.4. The molecule has 0 saturated carbocycles. The average Bonchev–Trinajstić information content (AvgIpc) is 3.53. The molecule has 1 aromatic heterocycles. The molecule has 234 valence electrons. The number of ether oxygens (including phenoxy) is 3. The minimum absolute atomic E-state index is 0.00936. The topological polar surface area (TPSA) is 128 Å². The van der Waals surface area contributed by atoms with Crippen molar-refractivity contribution in [3.05, 3.63) is 88.9 Å². The number of hydrogen-bond donors (Lipinski definition) is 3. The molecule has 3 aliphatic heterocycles. The van der Waals surface area contributed by atoms with E-state index in [2.05, 4.69) is 15.6 Å². The smallest absolute Gasteiger partial charge is 0.411 e. The fraction of sp³-hybridized carbons (Fsp3) is 0.324. The molecule has 0 radical (unpaired) electrons. The second kappa shape index (κ2) is 12.6. The molecule has 4 aromatic rings. The fourth-order valence-electron chi connectivity index (χ4n) is 5.92. The number of rotatable bonds is 4. The first kappa shape index (κ1) is 30.1. The van der Waals surface area contributed by atoms with Gasteiger partial charge in [0.1, 0.15) is 18.0 Å². The number of pyridine rings is 1. The Labute approximate surface area is 260 Å². The molecule has 0 aliphatic carbocycles. The molecule has 45 heavy (non-hydrogen) atoms. The monoisotopic (exact) mass is 613 g/mol. The Bertz CT molecular complexity index is 1760. The van der Waals surface area contributed by atoms with Crippen molar-refractivity contribution in [3.63, 3.8) is 0 Å². The summed E-state index contributed by atoms with van der Waals surface area (Å²) in [5.41, 5.74) is 10.1. The van der Waals surface area contributed by atoms with Crippen LogP contribution in [0.2, 0.25) is 0 Å². The van der Waals surface area contributed by atoms with Crippen molar-refractivity contribution in [1.82, 2.24) is 9.88 Å². The van der Waals surface area contributed by atoms with Crippen molar-refractivity contribution < 1.29 is 28.2 Å². The number of fused-ring (bicyclic) bond motifs is 10. The van der Waals surface area contributed by atoms with Gasteiger partial charge in [-0.2, -0.15) is 0 Å². The highest BCUT2D eigenvalue weighted by Crippen LogP contribution is 2.33. The molecule has 3 atom stereocenters. The van der Waals surface area contributed by atoms with Gasteiger partial charge in [-0.25, -0.2) is 14.2 Å². The number of benzene rings is 3. The van der Waals surface area contributed by atoms with Crippen LogP contribution in [0.15, 0.2) is 60.8 Å². The zero-order chi connectivity index (χ0) is 31.7. The summed E-state index contributed by atoms with van der Waals surface area (Å²) < 4.78 is 32.5. The van der Waals surface area contributed by atoms with Crippen LogP contribution in [-0.2, 0) is 20.8 Å². The summed E-state index contributed by atoms with van der Waals surface area (Å²) >= 11 is 0. The number of nitrogens with two attached hydrogens (primary N) is 1. The Morgan fingerprint density at radius 1 is 1.11 bits per heavy atom. The third kappa shape index (κ3) is 6.48. The molecule has 11 heteroatoms. The van der Waals surface area contributed by atoms with Gasteiger partial charge in [0, 0.05) is 60.5 Å². The second-order valence-corrected chi connectivity index (χ2v) is 11.7. The van der Waals surface area contributed by atoms with Gasteiger partial charge in [0.05, 0.1) is 19.8 Å². The van der Waals surface area contributed by atoms with Crippen molar-refractivity contribution in [3.8, 4) is 5.75 Å². The Kier molecular flexibility index (Phi) is 8.44. The number of aryl methyl sites for hydroxylation is 1. The summed E-state index contributed by atoms with van der Waals surface area (Å²) in [6, 6.07) is 15.4. The van der Waals surface area contributed by atoms with Crippen molar-refractivity contribution in [2.45, 2.75) is 44.9 Å². The summed E-state index contributed by atoms with van der Waals surface area (Å²) in [5, 5.41) is 7.76. The van der Waals surface area contributed by atoms with Crippen molar-refractivity contribution in [2.24, 2.45) is 0 Å². The van der Waals surface area contributed by atoms with E-state index in [0.29, 0.717) is 31.0 Å². The number of carbonyl (C=O) groups is 2. The maximum absolute atomic E-state index is 15.6. The lowest BCUT2D eigenvalue weighted by Crippen LogP contribution is -2.35. The van der Waals surface area contributed by atoms with E-state index in [0.717, 1.165) is 33.2 Å². The highest BCUT2D eigenvalue weighted by atomic mass is 19.1. The SMILES string of the molecule is Cc1cc2ccc1[C@@H](C)COC(=O)Nc1cc(F)c(O[C@H]3CCOC3)c(c1)CN(C)C(=O)C2Nc1ccc2c(N)nccc2c1. The normalized spacial score (nSPS) is 20.6. The van der Waals surface area contributed by atoms with Crippen LogP contribution in [0.25, 0.3) is 10.8 Å². The molecule has 1 saturated heterocycles. The van der Waals surface area contributed by atoms with Crippen molar-refractivity contribution >= 4 is 40.0 Å². The number of hydrogen-bond acceptors (Lipinski definition) is 8. The molecule has 4 bridgehead atoms. The van der Waals surface area contributed by atoms with Crippen LogP contribution in [-0.4, -0.2) is 54.9 Å². The van der Waals surface area contributed by atoms with Crippen molar-refractivity contribution in [1.29, 1.82) is 0 Å². The number of nitrogen functional groups attached to an aromatic ring is 1. The van der Waals surface area contributed by atoms with E-state index in [1.54, 1.807) is 19.3 Å². The van der Waals surface area contributed by atoms with Crippen LogP contribution >= 0.6 is 0 Å². The summed E-state index contributed by atoms with van der Waals surface area (Å²) in [6.45, 7) is 4.91. The summed E-state index contributed by atoms with van der Waals surface area (Å²) in [5.74, 6) is -0.584. The Hall–Kier alpha value is -4.90. The van der Waals surface area contributed by atoms with Gasteiger partial charge >= 0.3 is 6.09 Å². The number of halogens is 1. The van der Waals surface area contributed by atoms with E-state index in [1.807, 2.05) is 56.3 Å². The first-order valence-corrected chi connectivity index (χ1v) is 14.9. The van der Waals surface area contributed by atoms with Crippen LogP contribution in [0.4, 0.5) is 26.4 Å². The van der Waals surface area contributed by atoms with E-state index in [4.69, 9.17) is 19.9 Å². The number of nitrogens with one attached hydrogen (secondary N) is 2. The lowest BCUT2D eigenvalue weighted by molar-refractivity contribution is -0.131. The van der Waals surface area contributed by atoms with Gasteiger partial charge in [-0.1, -0.05) is 25.1 Å². The molecule has 0 spiro atoms. The predicted octanol–water partition coefficient (Wildman–Crippen LogP) is 5.91. The highest BCUT2D eigenvalue weighted by Gasteiger charge is 2.28. The van der Waals surface area contributed by atoms with Gasteiger partial charge in [-0.05, 0) is 59.3 Å². The van der Waals surface area contributed by atoms with Gasteiger partial charge in [0.2, 0.25) is 5.91 Å². The van der Waals surface area contributed by atoms with Crippen LogP contribution in [0.5, 0.6) is 5.75 Å². The van der Waals surface area contributed by atoms with Gasteiger partial charge in [-0.15, -0.1) is 0 Å². The third-order valence-electron chi connectivity index (χ3n) is 8.30. The van der Waals surface area contributed by atoms with E-state index < -0.39 is 18.0 Å². The standard InChI is InChI=1S/C34H36FN5O5/c1-19-12-22-4-6-27(19)20(2)17-44-34(42)39-25-14-23(31(29(35)15-25)45-26-9-11-43-18-26)16-40(3)33(41)30(22)38-24-5-7-28-21(13-24)8-10-37-32(28)36/h4-8,10,12-15,20,26,30,38H,9,11,16-18H2,1-3H3,(H2,36,37)(H,39,42)/t20-,26-,30?/m0/s1. The van der Waals surface area contributed by atoms with E-state index in [9.17, 15) is 9.59 Å². The molecule has 3 aromatic carbocycles. The quantitative estimate of drug-likeness (QED) is 0.259. The molecule has 3 aliphatic rings. The number of aromatic nitrogens is 1. The molecule has 1 fully saturated rings. The number of amides is 2. The minimum atomic E-state index is -0.779. The summed E-state index contributed by atoms with van der Waals surface area (Å²) in [6.07, 6.45) is 1.24. The Morgan fingerprint density at radius 2 is 1.96 bits per heavy atom. The fourth-order valence-corrected chi connectivity index (χ4v) is 5.92. The van der Waals surface area contributed by atoms with Crippen LogP contribution in [0.3, 0.4) is 0 Å². The summed E-state index contributed by atoms with van der Waals surface area (Å²) in [7, 11) is 1.66. The molecular formula is C34H36FN5O5. The average molecular weight is 614 g/mol. The second-order valence-electron chi connectivity index (χ2n) is 11.7. The Morgan fingerprint density at radius 3 is 2.73 bits per heavy atom. The lowest BCUT2D eigenvalue weighted by Gasteiger charge is -2.28. The van der Waals surface area contributed by atoms with Crippen LogP contribution in [0, 0.1) is 12.7 Å². The molecular weight excluding hydrogens is 577 g/mol. The maximum Gasteiger partial charge on any atom is 0.411 e. The maximum atomic E-state index is 15.6. The highest BCUT2D eigenvalue weighted by molar-refractivity contribution is 5.94. The van der Waals surface area contributed by atoms with E-state index in [-0.39, 0.29) is 42.5 Å². The van der Waals surface area contributed by atoms with Crippen LogP contribution in [0.1, 0.15) is 47.6 Å². The first-order valence-electron chi connectivity index (χ1n) is 14.9. The molecule has 4 N–H and O–H groups in total. The van der Waals surface area contributed by atoms with Crippen molar-refractivity contribution in [2.75, 3.05) is 43.2 Å². The number of carbonyl (C=O) groups excluding carboxylic acids is 2. The molecule has 10 nitrogen and oxygen atoms in total. The Balaban J connectivity index is 1.40. The zero-order valence-electron chi connectivity index (χ0n) is 25.4. The predicted molar refractivity (Wildman–Crippen MR) is 170 cm³/mol. The first-order chi connectivity index (χ1) is 21.7. The molecule has 1 unspecified atom stereocenters. The van der Waals surface area contributed by atoms with Gasteiger partial charge in [-0.3, -0.25) is 10.1 Å². The van der Waals surface area contributed by atoms with Gasteiger partial charge in [0.25, 0.3) is 0 Å². The third-order valence-corrected chi connectivity index (χ3v) is 8.30. The molecule has 4 heterocycles. The molecule has 2 amide bonds. The van der Waals surface area contributed by atoms with E-state index in [1.165, 1.54) is 11.0 Å². The van der Waals surface area contributed by atoms with Gasteiger partial charge in [0.15, 0.2) is 11.6 Å². The number of nitrogens with zero attached hydrogens (tertiary/aromatic N) is 2. The van der Waals surface area contributed by atoms with Gasteiger partial charge < -0.3 is 30.2 Å². The minimum Gasteiger partial charge on any atom is -0.484 e. The van der Waals surface area contributed by atoms with E-state index >= 15 is 4.39 Å². The summed E-state index contributed by atoms with van der Waals surface area (Å²) in [4.78, 5) is 32.7. The number of likely N-dealkylation sites (N-methyl/N-ethyl adjacent to an activating group) is 1.